The molecule has 0 amide bonds. The van der Waals surface area contributed by atoms with Crippen LogP contribution in [0, 0.1) is 16.2 Å². The smallest absolute Gasteiger partial charge is 0.262 e. The fourth-order valence-corrected chi connectivity index (χ4v) is 6.32. The lowest BCUT2D eigenvalue weighted by atomic mass is 9.39. The summed E-state index contributed by atoms with van der Waals surface area (Å²) in [7, 11) is 0. The number of aliphatic hydroxyl groups excluding tert-OH is 1. The molecule has 2 saturated carbocycles. The lowest BCUT2D eigenvalue weighted by molar-refractivity contribution is -0.327. The first-order chi connectivity index (χ1) is 11.9. The van der Waals surface area contributed by atoms with Gasteiger partial charge in [0.05, 0.1) is 18.1 Å². The van der Waals surface area contributed by atoms with E-state index in [0.717, 1.165) is 0 Å². The lowest BCUT2D eigenvalue weighted by Crippen LogP contribution is -2.83. The average molecular weight is 364 g/mol. The monoisotopic (exact) mass is 364 g/mol. The minimum atomic E-state index is -2.44. The van der Waals surface area contributed by atoms with Crippen LogP contribution < -0.4 is 0 Å². The molecule has 1 unspecified atom stereocenters. The number of allylic oxidation sites excluding steroid dienone is 2. The van der Waals surface area contributed by atoms with Crippen molar-refractivity contribution in [3.63, 3.8) is 0 Å². The highest BCUT2D eigenvalue weighted by molar-refractivity contribution is 6.06. The fourth-order valence-electron chi connectivity index (χ4n) is 6.32. The van der Waals surface area contributed by atoms with E-state index in [0.29, 0.717) is 19.3 Å². The van der Waals surface area contributed by atoms with Gasteiger partial charge in [-0.3, -0.25) is 4.79 Å². The maximum absolute atomic E-state index is 13.3. The van der Waals surface area contributed by atoms with Gasteiger partial charge in [-0.05, 0) is 19.3 Å². The molecule has 6 nitrogen and oxygen atoms in total. The molecule has 2 bridgehead atoms. The first-order valence-corrected chi connectivity index (χ1v) is 9.26. The molecule has 6 heteroatoms. The first-order valence-electron chi connectivity index (χ1n) is 9.26. The molecule has 3 aliphatic carbocycles. The zero-order valence-electron chi connectivity index (χ0n) is 15.6. The van der Waals surface area contributed by atoms with E-state index in [4.69, 9.17) is 4.74 Å². The summed E-state index contributed by atoms with van der Waals surface area (Å²) in [6.07, 6.45) is 3.67. The van der Waals surface area contributed by atoms with E-state index in [1.54, 1.807) is 32.9 Å². The van der Waals surface area contributed by atoms with Gasteiger partial charge in [0.1, 0.15) is 11.2 Å². The molecule has 0 radical (unpaired) electrons. The highest BCUT2D eigenvalue weighted by Crippen LogP contribution is 2.72. The van der Waals surface area contributed by atoms with Crippen LogP contribution in [0.4, 0.5) is 0 Å². The van der Waals surface area contributed by atoms with Crippen molar-refractivity contribution in [2.45, 2.75) is 69.5 Å². The minimum absolute atomic E-state index is 0.0685. The molecule has 3 fully saturated rings. The highest BCUT2D eigenvalue weighted by atomic mass is 16.7. The van der Waals surface area contributed by atoms with E-state index in [1.807, 2.05) is 0 Å². The molecule has 4 aliphatic rings. The Balaban J connectivity index is 2.07. The summed E-state index contributed by atoms with van der Waals surface area (Å²) in [4.78, 5) is 13.3. The molecule has 144 valence electrons. The maximum Gasteiger partial charge on any atom is 0.262 e. The number of rotatable bonds is 1. The number of hydrogen-bond acceptors (Lipinski definition) is 6. The summed E-state index contributed by atoms with van der Waals surface area (Å²) in [6, 6.07) is 0. The molecule has 4 rings (SSSR count). The second-order valence-corrected chi connectivity index (χ2v) is 9.55. The number of hydrogen-bond donors (Lipinski definition) is 4. The van der Waals surface area contributed by atoms with Gasteiger partial charge >= 0.3 is 0 Å². The van der Waals surface area contributed by atoms with Crippen molar-refractivity contribution < 1.29 is 30.0 Å². The first kappa shape index (κ1) is 18.3. The predicted molar refractivity (Wildman–Crippen MR) is 92.9 cm³/mol. The van der Waals surface area contributed by atoms with Gasteiger partial charge in [-0.2, -0.15) is 0 Å². The molecular formula is C20H28O6. The van der Waals surface area contributed by atoms with Gasteiger partial charge in [0.15, 0.2) is 0 Å². The zero-order valence-corrected chi connectivity index (χ0v) is 15.6. The standard InChI is InChI=1S/C20H28O6/c1-5-16(4)9-12-14(22)19(24)20(25)15(2,3)7-6-8-17(20,11-26-19)18(12,23)13(21)10-16/h5,9,13,21,23-25H,1,6-8,10-11H2,2-4H3/t13-,16-,17+,18+,19-,20?/m1/s1. The molecule has 26 heavy (non-hydrogen) atoms. The third-order valence-corrected chi connectivity index (χ3v) is 7.84. The molecule has 0 aromatic carbocycles. The van der Waals surface area contributed by atoms with Crippen LogP contribution in [0.2, 0.25) is 0 Å². The number of fused-ring (bicyclic) bond motifs is 1. The van der Waals surface area contributed by atoms with E-state index >= 15 is 0 Å². The summed E-state index contributed by atoms with van der Waals surface area (Å²) in [5.74, 6) is -3.30. The van der Waals surface area contributed by atoms with Crippen LogP contribution in [0.15, 0.2) is 24.3 Å². The topological polar surface area (TPSA) is 107 Å². The molecule has 6 atom stereocenters. The Morgan fingerprint density at radius 1 is 1.23 bits per heavy atom. The van der Waals surface area contributed by atoms with E-state index in [9.17, 15) is 25.2 Å². The average Bonchev–Trinajstić information content (AvgIpc) is 2.79. The molecule has 1 aliphatic heterocycles. The molecule has 1 saturated heterocycles. The van der Waals surface area contributed by atoms with E-state index in [-0.39, 0.29) is 18.6 Å². The summed E-state index contributed by atoms with van der Waals surface area (Å²) in [5, 5.41) is 46.0. The predicted octanol–water partition coefficient (Wildman–Crippen LogP) is 0.830. The Labute approximate surface area is 153 Å². The zero-order chi connectivity index (χ0) is 19.4. The second-order valence-electron chi connectivity index (χ2n) is 9.55. The third kappa shape index (κ3) is 1.53. The van der Waals surface area contributed by atoms with Crippen LogP contribution in [-0.2, 0) is 9.53 Å². The van der Waals surface area contributed by atoms with Gasteiger partial charge in [0.25, 0.3) is 5.79 Å². The molecular weight excluding hydrogens is 336 g/mol. The number of carbonyl (C=O) groups is 1. The van der Waals surface area contributed by atoms with Crippen LogP contribution in [0.25, 0.3) is 0 Å². The number of Topliss-reactive ketones (excluding diaryl/α,β-unsaturated/α-hetero) is 1. The maximum atomic E-state index is 13.3. The molecule has 0 spiro atoms. The largest absolute Gasteiger partial charge is 0.390 e. The summed E-state index contributed by atoms with van der Waals surface area (Å²) < 4.78 is 5.58. The highest BCUT2D eigenvalue weighted by Gasteiger charge is 2.88. The van der Waals surface area contributed by atoms with Gasteiger partial charge < -0.3 is 25.2 Å². The number of ether oxygens (including phenoxy) is 1. The van der Waals surface area contributed by atoms with E-state index < -0.39 is 45.1 Å². The van der Waals surface area contributed by atoms with Crippen molar-refractivity contribution in [3.05, 3.63) is 24.3 Å². The molecule has 0 aromatic heterocycles. The van der Waals surface area contributed by atoms with E-state index in [1.165, 1.54) is 0 Å². The third-order valence-electron chi connectivity index (χ3n) is 7.84. The van der Waals surface area contributed by atoms with Crippen LogP contribution >= 0.6 is 0 Å². The van der Waals surface area contributed by atoms with Crippen LogP contribution in [0.1, 0.15) is 46.5 Å². The molecule has 4 N–H and O–H groups in total. The van der Waals surface area contributed by atoms with Gasteiger partial charge in [0, 0.05) is 16.4 Å². The van der Waals surface area contributed by atoms with E-state index in [2.05, 4.69) is 6.58 Å². The van der Waals surface area contributed by atoms with Crippen LogP contribution in [0.5, 0.6) is 0 Å². The van der Waals surface area contributed by atoms with Gasteiger partial charge in [0.2, 0.25) is 5.78 Å². The Morgan fingerprint density at radius 3 is 2.50 bits per heavy atom. The summed E-state index contributed by atoms with van der Waals surface area (Å²) in [6.45, 7) is 8.93. The summed E-state index contributed by atoms with van der Waals surface area (Å²) >= 11 is 0. The SMILES string of the molecule is C=C[C@]1(C)C=C2C(=O)[C@@]3(O)OC[C@@]4(CCCC(C)(C)C43O)[C@@]2(O)[C@H](O)C1. The number of carbonyl (C=O) groups excluding carboxylic acids is 1. The van der Waals surface area contributed by atoms with Gasteiger partial charge in [-0.1, -0.05) is 39.3 Å². The summed E-state index contributed by atoms with van der Waals surface area (Å²) in [5.41, 5.74) is -7.01. The van der Waals surface area contributed by atoms with Crippen molar-refractivity contribution >= 4 is 5.78 Å². The Bertz CT molecular complexity index is 743. The lowest BCUT2D eigenvalue weighted by Gasteiger charge is -2.66. The van der Waals surface area contributed by atoms with Crippen LogP contribution in [-0.4, -0.2) is 55.9 Å². The number of aliphatic hydroxyl groups is 4. The fraction of sp³-hybridized carbons (Fsp3) is 0.750. The van der Waals surface area contributed by atoms with Crippen molar-refractivity contribution in [1.29, 1.82) is 0 Å². The van der Waals surface area contributed by atoms with Crippen LogP contribution in [0.3, 0.4) is 0 Å². The Morgan fingerprint density at radius 2 is 1.88 bits per heavy atom. The Hall–Kier alpha value is -1.05. The van der Waals surface area contributed by atoms with Crippen molar-refractivity contribution in [1.82, 2.24) is 0 Å². The Kier molecular flexibility index (Phi) is 3.29. The minimum Gasteiger partial charge on any atom is -0.390 e. The van der Waals surface area contributed by atoms with Crippen molar-refractivity contribution in [3.8, 4) is 0 Å². The normalized spacial score (nSPS) is 55.0. The van der Waals surface area contributed by atoms with Gasteiger partial charge in [-0.15, -0.1) is 6.58 Å². The van der Waals surface area contributed by atoms with Crippen molar-refractivity contribution in [2.75, 3.05) is 6.61 Å². The van der Waals surface area contributed by atoms with Crippen molar-refractivity contribution in [2.24, 2.45) is 16.2 Å². The molecule has 0 aromatic rings. The van der Waals surface area contributed by atoms with Gasteiger partial charge in [-0.25, -0.2) is 0 Å². The molecule has 1 heterocycles. The number of ketones is 1. The quantitative estimate of drug-likeness (QED) is 0.514. The second kappa shape index (κ2) is 4.67.